The molecule has 1 aromatic heterocycles. The topological polar surface area (TPSA) is 68.1 Å². The summed E-state index contributed by atoms with van der Waals surface area (Å²) < 4.78 is 10.4. The largest absolute Gasteiger partial charge is 0.479 e. The van der Waals surface area contributed by atoms with Crippen LogP contribution in [-0.2, 0) is 5.75 Å². The van der Waals surface area contributed by atoms with Gasteiger partial charge < -0.3 is 9.15 Å². The second-order valence-corrected chi connectivity index (χ2v) is 5.71. The Morgan fingerprint density at radius 2 is 2.32 bits per heavy atom. The Bertz CT molecular complexity index is 614. The molecule has 2 rings (SSSR count). The number of nitrogens with zero attached hydrogens (tertiary/aromatic N) is 1. The van der Waals surface area contributed by atoms with E-state index in [1.165, 1.54) is 11.8 Å². The fourth-order valence-corrected chi connectivity index (χ4v) is 2.42. The number of benzene rings is 1. The van der Waals surface area contributed by atoms with Gasteiger partial charge in [0.25, 0.3) is 0 Å². The minimum absolute atomic E-state index is 0.180. The number of rotatable bonds is 5. The van der Waals surface area contributed by atoms with Gasteiger partial charge in [0, 0.05) is 5.02 Å². The fraction of sp³-hybridized carbons (Fsp3) is 0.273. The van der Waals surface area contributed by atoms with Gasteiger partial charge in [0.15, 0.2) is 0 Å². The van der Waals surface area contributed by atoms with Gasteiger partial charge in [-0.15, -0.1) is 16.9 Å². The van der Waals surface area contributed by atoms with Crippen molar-refractivity contribution in [2.45, 2.75) is 18.1 Å². The molecule has 102 valence electrons. The summed E-state index contributed by atoms with van der Waals surface area (Å²) in [7, 11) is 0. The van der Waals surface area contributed by atoms with E-state index in [0.29, 0.717) is 27.4 Å². The molecule has 0 radical (unpaired) electrons. The minimum atomic E-state index is -0.565. The zero-order valence-corrected chi connectivity index (χ0v) is 12.2. The first-order valence-electron chi connectivity index (χ1n) is 5.32. The van der Waals surface area contributed by atoms with Gasteiger partial charge in [-0.05, 0) is 25.1 Å². The third kappa shape index (κ3) is 4.19. The summed E-state index contributed by atoms with van der Waals surface area (Å²) in [5.74, 6) is 0.734. The first-order valence-corrected chi connectivity index (χ1v) is 7.13. The zero-order chi connectivity index (χ0) is 13.8. The number of thioether (sulfide) groups is 1. The van der Waals surface area contributed by atoms with Crippen LogP contribution in [0.1, 0.15) is 12.8 Å². The third-order valence-corrected chi connectivity index (χ3v) is 3.62. The molecule has 19 heavy (non-hydrogen) atoms. The molecule has 1 unspecified atom stereocenters. The van der Waals surface area contributed by atoms with Crippen molar-refractivity contribution in [1.29, 1.82) is 0 Å². The Labute approximate surface area is 123 Å². The summed E-state index contributed by atoms with van der Waals surface area (Å²) in [6.45, 7) is 1.86. The number of hydrogen-bond acceptors (Lipinski definition) is 5. The molecule has 2 aromatic rings. The monoisotopic (exact) mass is 320 g/mol. The van der Waals surface area contributed by atoms with E-state index in [1.54, 1.807) is 18.2 Å². The van der Waals surface area contributed by atoms with Gasteiger partial charge in [-0.25, -0.2) is 9.89 Å². The van der Waals surface area contributed by atoms with Crippen molar-refractivity contribution >= 4 is 35.0 Å². The molecule has 0 saturated carbocycles. The Kier molecular flexibility index (Phi) is 4.79. The minimum Gasteiger partial charge on any atom is -0.479 e. The Hall–Kier alpha value is -1.11. The fourth-order valence-electron chi connectivity index (χ4n) is 1.29. The van der Waals surface area contributed by atoms with Crippen LogP contribution in [0.25, 0.3) is 0 Å². The van der Waals surface area contributed by atoms with E-state index < -0.39 is 5.76 Å². The van der Waals surface area contributed by atoms with E-state index in [-0.39, 0.29) is 5.44 Å². The molecule has 1 atom stereocenters. The zero-order valence-electron chi connectivity index (χ0n) is 9.85. The quantitative estimate of drug-likeness (QED) is 0.856. The number of halogens is 2. The standard InChI is InChI=1S/C11H10Cl2N2O3S/c1-6(19-5-10-14-15-11(16)18-10)17-9-3-2-7(12)4-8(9)13/h2-4,6H,5H2,1H3,(H,15,16). The molecule has 0 fully saturated rings. The highest BCUT2D eigenvalue weighted by atomic mass is 35.5. The average Bonchev–Trinajstić information content (AvgIpc) is 2.76. The number of hydrogen-bond donors (Lipinski definition) is 1. The highest BCUT2D eigenvalue weighted by Crippen LogP contribution is 2.30. The van der Waals surface area contributed by atoms with Gasteiger partial charge >= 0.3 is 5.76 Å². The van der Waals surface area contributed by atoms with Crippen molar-refractivity contribution < 1.29 is 9.15 Å². The number of nitrogens with one attached hydrogen (secondary N) is 1. The number of H-pyrrole nitrogens is 1. The van der Waals surface area contributed by atoms with Gasteiger partial charge in [-0.1, -0.05) is 23.2 Å². The lowest BCUT2D eigenvalue weighted by atomic mass is 10.3. The van der Waals surface area contributed by atoms with E-state index >= 15 is 0 Å². The third-order valence-electron chi connectivity index (χ3n) is 2.11. The predicted octanol–water partition coefficient (Wildman–Crippen LogP) is 3.33. The second-order valence-electron chi connectivity index (χ2n) is 3.58. The summed E-state index contributed by atoms with van der Waals surface area (Å²) in [5, 5.41) is 6.90. The van der Waals surface area contributed by atoms with Crippen LogP contribution in [0.4, 0.5) is 0 Å². The maximum atomic E-state index is 10.7. The van der Waals surface area contributed by atoms with Crippen LogP contribution in [-0.4, -0.2) is 15.6 Å². The predicted molar refractivity (Wildman–Crippen MR) is 75.0 cm³/mol. The summed E-state index contributed by atoms with van der Waals surface area (Å²) in [6, 6.07) is 5.02. The van der Waals surface area contributed by atoms with Crippen LogP contribution in [0.2, 0.25) is 10.0 Å². The number of ether oxygens (including phenoxy) is 1. The molecular weight excluding hydrogens is 311 g/mol. The highest BCUT2D eigenvalue weighted by Gasteiger charge is 2.10. The van der Waals surface area contributed by atoms with Crippen LogP contribution >= 0.6 is 35.0 Å². The maximum absolute atomic E-state index is 10.7. The van der Waals surface area contributed by atoms with E-state index in [1.807, 2.05) is 6.92 Å². The molecule has 1 N–H and O–H groups in total. The Balaban J connectivity index is 1.90. The van der Waals surface area contributed by atoms with Crippen molar-refractivity contribution in [2.75, 3.05) is 0 Å². The van der Waals surface area contributed by atoms with Crippen LogP contribution in [0, 0.1) is 0 Å². The Morgan fingerprint density at radius 1 is 1.53 bits per heavy atom. The molecule has 0 amide bonds. The summed E-state index contributed by atoms with van der Waals surface area (Å²) in [6.07, 6.45) is 0. The molecular formula is C11H10Cl2N2O3S. The number of aromatic amines is 1. The van der Waals surface area contributed by atoms with Crippen molar-refractivity contribution in [3.05, 3.63) is 44.7 Å². The second kappa shape index (κ2) is 6.36. The molecule has 0 spiro atoms. The van der Waals surface area contributed by atoms with Gasteiger partial charge in [0.05, 0.1) is 10.8 Å². The van der Waals surface area contributed by atoms with Gasteiger partial charge in [0.1, 0.15) is 11.2 Å². The molecule has 8 heteroatoms. The first-order chi connectivity index (χ1) is 9.04. The normalized spacial score (nSPS) is 12.4. The number of aromatic nitrogens is 2. The van der Waals surface area contributed by atoms with Crippen molar-refractivity contribution in [2.24, 2.45) is 0 Å². The molecule has 0 aliphatic carbocycles. The SMILES string of the molecule is CC(Oc1ccc(Cl)cc1Cl)SCc1n[nH]c(=O)o1. The summed E-state index contributed by atoms with van der Waals surface area (Å²) >= 11 is 13.2. The van der Waals surface area contributed by atoms with E-state index in [9.17, 15) is 4.79 Å². The van der Waals surface area contributed by atoms with Crippen LogP contribution in [0.15, 0.2) is 27.4 Å². The first kappa shape index (κ1) is 14.3. The average molecular weight is 321 g/mol. The van der Waals surface area contributed by atoms with E-state index in [2.05, 4.69) is 10.2 Å². The van der Waals surface area contributed by atoms with Crippen molar-refractivity contribution in [3.63, 3.8) is 0 Å². The lowest BCUT2D eigenvalue weighted by Crippen LogP contribution is -2.07. The Morgan fingerprint density at radius 3 is 2.95 bits per heavy atom. The van der Waals surface area contributed by atoms with Crippen LogP contribution in [0.5, 0.6) is 5.75 Å². The van der Waals surface area contributed by atoms with Crippen LogP contribution in [0.3, 0.4) is 0 Å². The highest BCUT2D eigenvalue weighted by molar-refractivity contribution is 7.98. The molecule has 0 aliphatic heterocycles. The molecule has 1 heterocycles. The van der Waals surface area contributed by atoms with Crippen molar-refractivity contribution in [3.8, 4) is 5.75 Å². The molecule has 0 saturated heterocycles. The summed E-state index contributed by atoms with van der Waals surface area (Å²) in [4.78, 5) is 10.7. The van der Waals surface area contributed by atoms with Gasteiger partial charge in [-0.2, -0.15) is 0 Å². The summed E-state index contributed by atoms with van der Waals surface area (Å²) in [5.41, 5.74) is -0.180. The lowest BCUT2D eigenvalue weighted by Gasteiger charge is -2.14. The van der Waals surface area contributed by atoms with Crippen molar-refractivity contribution in [1.82, 2.24) is 10.2 Å². The van der Waals surface area contributed by atoms with E-state index in [4.69, 9.17) is 32.4 Å². The molecule has 1 aromatic carbocycles. The van der Waals surface area contributed by atoms with Gasteiger partial charge in [0.2, 0.25) is 5.89 Å². The smallest absolute Gasteiger partial charge is 0.434 e. The maximum Gasteiger partial charge on any atom is 0.434 e. The van der Waals surface area contributed by atoms with Gasteiger partial charge in [-0.3, -0.25) is 0 Å². The molecule has 5 nitrogen and oxygen atoms in total. The van der Waals surface area contributed by atoms with E-state index in [0.717, 1.165) is 0 Å². The molecule has 0 aliphatic rings. The van der Waals surface area contributed by atoms with Crippen LogP contribution < -0.4 is 10.5 Å². The lowest BCUT2D eigenvalue weighted by molar-refractivity contribution is 0.307. The molecule has 0 bridgehead atoms.